The first-order valence-corrected chi connectivity index (χ1v) is 7.98. The maximum atomic E-state index is 9.06. The van der Waals surface area contributed by atoms with Crippen molar-refractivity contribution in [3.8, 4) is 17.3 Å². The van der Waals surface area contributed by atoms with Gasteiger partial charge in [0.1, 0.15) is 6.54 Å². The molecule has 0 aliphatic carbocycles. The van der Waals surface area contributed by atoms with Crippen molar-refractivity contribution < 1.29 is 4.74 Å². The van der Waals surface area contributed by atoms with E-state index in [0.29, 0.717) is 19.8 Å². The number of morpholine rings is 1. The molecule has 0 radical (unpaired) electrons. The van der Waals surface area contributed by atoms with Crippen LogP contribution in [-0.4, -0.2) is 40.8 Å². The minimum Gasteiger partial charge on any atom is -0.378 e. The van der Waals surface area contributed by atoms with Gasteiger partial charge in [-0.25, -0.2) is 9.97 Å². The third-order valence-electron chi connectivity index (χ3n) is 4.24. The van der Waals surface area contributed by atoms with Gasteiger partial charge >= 0.3 is 0 Å². The van der Waals surface area contributed by atoms with Gasteiger partial charge in [-0.05, 0) is 12.1 Å². The fraction of sp³-hybridized carbons (Fsp3) is 0.278. The maximum absolute atomic E-state index is 9.06. The molecule has 24 heavy (non-hydrogen) atoms. The summed E-state index contributed by atoms with van der Waals surface area (Å²) in [5, 5.41) is 10.2. The van der Waals surface area contributed by atoms with Crippen LogP contribution in [0.2, 0.25) is 0 Å². The normalized spacial score (nSPS) is 14.7. The van der Waals surface area contributed by atoms with Crippen LogP contribution in [0.3, 0.4) is 0 Å². The highest BCUT2D eigenvalue weighted by atomic mass is 16.5. The molecular formula is C18H17N5O. The highest BCUT2D eigenvalue weighted by Gasteiger charge is 2.16. The average molecular weight is 319 g/mol. The van der Waals surface area contributed by atoms with Gasteiger partial charge in [0, 0.05) is 41.9 Å². The quantitative estimate of drug-likeness (QED) is 0.742. The van der Waals surface area contributed by atoms with Gasteiger partial charge < -0.3 is 14.2 Å². The summed E-state index contributed by atoms with van der Waals surface area (Å²) in [6.45, 7) is 3.34. The molecule has 3 heterocycles. The van der Waals surface area contributed by atoms with Gasteiger partial charge in [-0.3, -0.25) is 0 Å². The van der Waals surface area contributed by atoms with E-state index in [1.807, 2.05) is 35.0 Å². The molecule has 0 N–H and O–H groups in total. The van der Waals surface area contributed by atoms with Gasteiger partial charge in [0.15, 0.2) is 0 Å². The third-order valence-corrected chi connectivity index (χ3v) is 4.24. The van der Waals surface area contributed by atoms with Crippen LogP contribution in [0.4, 0.5) is 5.95 Å². The van der Waals surface area contributed by atoms with Crippen molar-refractivity contribution in [3.63, 3.8) is 0 Å². The van der Waals surface area contributed by atoms with Gasteiger partial charge in [0.25, 0.3) is 0 Å². The van der Waals surface area contributed by atoms with Crippen LogP contribution < -0.4 is 4.90 Å². The number of nitrogens with zero attached hydrogens (tertiary/aromatic N) is 5. The van der Waals surface area contributed by atoms with Crippen molar-refractivity contribution in [2.75, 3.05) is 31.2 Å². The van der Waals surface area contributed by atoms with Crippen LogP contribution in [0.1, 0.15) is 0 Å². The summed E-state index contributed by atoms with van der Waals surface area (Å²) in [6.07, 6.45) is 3.79. The van der Waals surface area contributed by atoms with Crippen molar-refractivity contribution >= 4 is 16.9 Å². The maximum Gasteiger partial charge on any atom is 0.226 e. The Morgan fingerprint density at radius 3 is 2.83 bits per heavy atom. The van der Waals surface area contributed by atoms with Gasteiger partial charge in [0.05, 0.1) is 25.0 Å². The Labute approximate surface area is 139 Å². The first-order chi connectivity index (χ1) is 11.9. The summed E-state index contributed by atoms with van der Waals surface area (Å²) < 4.78 is 7.35. The van der Waals surface area contributed by atoms with E-state index in [1.165, 1.54) is 0 Å². The summed E-state index contributed by atoms with van der Waals surface area (Å²) in [4.78, 5) is 11.3. The molecule has 0 saturated carbocycles. The number of hydrogen-bond donors (Lipinski definition) is 0. The molecule has 0 amide bonds. The average Bonchev–Trinajstić information content (AvgIpc) is 3.02. The van der Waals surface area contributed by atoms with Gasteiger partial charge in [0.2, 0.25) is 5.95 Å². The van der Waals surface area contributed by atoms with E-state index in [0.717, 1.165) is 41.2 Å². The molecule has 1 aliphatic heterocycles. The molecule has 2 aromatic heterocycles. The fourth-order valence-corrected chi connectivity index (χ4v) is 3.07. The minimum atomic E-state index is 0.321. The third kappa shape index (κ3) is 2.59. The van der Waals surface area contributed by atoms with E-state index in [2.05, 4.69) is 22.0 Å². The topological polar surface area (TPSA) is 67.0 Å². The number of anilines is 1. The van der Waals surface area contributed by atoms with Crippen molar-refractivity contribution in [2.45, 2.75) is 6.54 Å². The molecule has 6 heteroatoms. The number of ether oxygens (including phenoxy) is 1. The molecule has 4 rings (SSSR count). The first-order valence-electron chi connectivity index (χ1n) is 7.98. The van der Waals surface area contributed by atoms with Crippen LogP contribution >= 0.6 is 0 Å². The molecule has 3 aromatic rings. The minimum absolute atomic E-state index is 0.321. The van der Waals surface area contributed by atoms with Crippen LogP contribution in [-0.2, 0) is 11.3 Å². The molecular weight excluding hydrogens is 302 g/mol. The molecule has 6 nitrogen and oxygen atoms in total. The largest absolute Gasteiger partial charge is 0.378 e. The Bertz CT molecular complexity index is 905. The predicted octanol–water partition coefficient (Wildman–Crippen LogP) is 2.46. The van der Waals surface area contributed by atoms with Crippen LogP contribution in [0.5, 0.6) is 0 Å². The Hall–Kier alpha value is -2.91. The van der Waals surface area contributed by atoms with E-state index in [-0.39, 0.29) is 0 Å². The molecule has 120 valence electrons. The van der Waals surface area contributed by atoms with E-state index < -0.39 is 0 Å². The van der Waals surface area contributed by atoms with Crippen molar-refractivity contribution in [1.29, 1.82) is 5.26 Å². The Kier molecular flexibility index (Phi) is 3.85. The summed E-state index contributed by atoms with van der Waals surface area (Å²) in [7, 11) is 0. The number of benzene rings is 1. The molecule has 1 aromatic carbocycles. The molecule has 0 atom stereocenters. The highest BCUT2D eigenvalue weighted by molar-refractivity contribution is 5.95. The van der Waals surface area contributed by atoms with Crippen LogP contribution in [0, 0.1) is 11.3 Å². The van der Waals surface area contributed by atoms with Crippen molar-refractivity contribution in [1.82, 2.24) is 14.5 Å². The number of para-hydroxylation sites is 1. The second-order valence-corrected chi connectivity index (χ2v) is 5.69. The monoisotopic (exact) mass is 319 g/mol. The smallest absolute Gasteiger partial charge is 0.226 e. The van der Waals surface area contributed by atoms with Crippen LogP contribution in [0.15, 0.2) is 42.7 Å². The predicted molar refractivity (Wildman–Crippen MR) is 91.6 cm³/mol. The number of rotatable bonds is 3. The van der Waals surface area contributed by atoms with E-state index in [9.17, 15) is 0 Å². The SMILES string of the molecule is N#CCn1cc(-c2ccnc(N3CCOCC3)n2)c2ccccc21. The zero-order chi connectivity index (χ0) is 16.4. The molecule has 0 unspecified atom stereocenters. The fourth-order valence-electron chi connectivity index (χ4n) is 3.07. The van der Waals surface area contributed by atoms with E-state index in [4.69, 9.17) is 15.0 Å². The lowest BCUT2D eigenvalue weighted by molar-refractivity contribution is 0.122. The number of aromatic nitrogens is 3. The van der Waals surface area contributed by atoms with Gasteiger partial charge in [-0.1, -0.05) is 18.2 Å². The Morgan fingerprint density at radius 1 is 1.17 bits per heavy atom. The first kappa shape index (κ1) is 14.7. The van der Waals surface area contributed by atoms with Crippen LogP contribution in [0.25, 0.3) is 22.2 Å². The number of nitriles is 1. The Morgan fingerprint density at radius 2 is 2.00 bits per heavy atom. The molecule has 1 fully saturated rings. The zero-order valence-corrected chi connectivity index (χ0v) is 13.2. The number of fused-ring (bicyclic) bond motifs is 1. The zero-order valence-electron chi connectivity index (χ0n) is 13.2. The lowest BCUT2D eigenvalue weighted by Gasteiger charge is -2.26. The summed E-state index contributed by atoms with van der Waals surface area (Å²) in [5.41, 5.74) is 2.94. The summed E-state index contributed by atoms with van der Waals surface area (Å²) in [5.74, 6) is 0.730. The summed E-state index contributed by atoms with van der Waals surface area (Å²) >= 11 is 0. The van der Waals surface area contributed by atoms with Gasteiger partial charge in [-0.15, -0.1) is 0 Å². The van der Waals surface area contributed by atoms with E-state index in [1.54, 1.807) is 6.20 Å². The summed E-state index contributed by atoms with van der Waals surface area (Å²) in [6, 6.07) is 12.2. The standard InChI is InChI=1S/C18H17N5O/c19-6-8-23-13-15(14-3-1-2-4-17(14)23)16-5-7-20-18(21-16)22-9-11-24-12-10-22/h1-5,7,13H,8-12H2. The van der Waals surface area contributed by atoms with Crippen molar-refractivity contribution in [2.24, 2.45) is 0 Å². The van der Waals surface area contributed by atoms with Crippen molar-refractivity contribution in [3.05, 3.63) is 42.7 Å². The molecule has 0 bridgehead atoms. The molecule has 1 aliphatic rings. The molecule has 1 saturated heterocycles. The second kappa shape index (κ2) is 6.30. The lowest BCUT2D eigenvalue weighted by Crippen LogP contribution is -2.37. The Balaban J connectivity index is 1.79. The number of hydrogen-bond acceptors (Lipinski definition) is 5. The highest BCUT2D eigenvalue weighted by Crippen LogP contribution is 2.30. The van der Waals surface area contributed by atoms with E-state index >= 15 is 0 Å². The van der Waals surface area contributed by atoms with Gasteiger partial charge in [-0.2, -0.15) is 5.26 Å². The lowest BCUT2D eigenvalue weighted by atomic mass is 10.1. The second-order valence-electron chi connectivity index (χ2n) is 5.69. The molecule has 0 spiro atoms.